The molecule has 0 aliphatic rings. The lowest BCUT2D eigenvalue weighted by Crippen LogP contribution is -2.58. The zero-order chi connectivity index (χ0) is 15.5. The van der Waals surface area contributed by atoms with Crippen molar-refractivity contribution < 1.29 is 19.2 Å². The number of aryl methyl sites for hydroxylation is 2. The molecule has 1 aromatic rings. The monoisotopic (exact) mass is 279 g/mol. The minimum absolute atomic E-state index is 0.353. The number of ether oxygens (including phenoxy) is 1. The number of hydroxylamine groups is 1. The van der Waals surface area contributed by atoms with Gasteiger partial charge in [0.2, 0.25) is 5.54 Å². The second-order valence-electron chi connectivity index (χ2n) is 4.84. The Balaban J connectivity index is 3.50. The topological polar surface area (TPSA) is 55.8 Å². The highest BCUT2D eigenvalue weighted by molar-refractivity contribution is 6.10. The Morgan fingerprint density at radius 1 is 1.15 bits per heavy atom. The SMILES string of the molecule is COC(=O)[C@@](C)(C(C)=O)N(OC)c1c(C)cccc1C. The number of hydrogen-bond acceptors (Lipinski definition) is 5. The Morgan fingerprint density at radius 3 is 2.00 bits per heavy atom. The largest absolute Gasteiger partial charge is 0.467 e. The Kier molecular flexibility index (Phi) is 4.89. The van der Waals surface area contributed by atoms with Crippen LogP contribution in [0.2, 0.25) is 0 Å². The van der Waals surface area contributed by atoms with E-state index >= 15 is 0 Å². The molecule has 5 nitrogen and oxygen atoms in total. The van der Waals surface area contributed by atoms with E-state index in [1.165, 1.54) is 33.1 Å². The van der Waals surface area contributed by atoms with Gasteiger partial charge in [-0.2, -0.15) is 0 Å². The van der Waals surface area contributed by atoms with E-state index in [1.54, 1.807) is 0 Å². The molecule has 1 atom stereocenters. The van der Waals surface area contributed by atoms with E-state index in [4.69, 9.17) is 9.57 Å². The van der Waals surface area contributed by atoms with Gasteiger partial charge in [0.15, 0.2) is 5.78 Å². The Labute approximate surface area is 119 Å². The molecule has 0 unspecified atom stereocenters. The summed E-state index contributed by atoms with van der Waals surface area (Å²) in [5, 5.41) is 1.33. The molecular weight excluding hydrogens is 258 g/mol. The fourth-order valence-electron chi connectivity index (χ4n) is 2.19. The van der Waals surface area contributed by atoms with E-state index < -0.39 is 11.5 Å². The van der Waals surface area contributed by atoms with Crippen LogP contribution in [-0.4, -0.2) is 31.5 Å². The number of Topliss-reactive ketones (excluding diaryl/α,β-unsaturated/α-hetero) is 1. The van der Waals surface area contributed by atoms with Crippen molar-refractivity contribution in [3.63, 3.8) is 0 Å². The average Bonchev–Trinajstić information content (AvgIpc) is 2.41. The fourth-order valence-corrected chi connectivity index (χ4v) is 2.19. The molecule has 0 bridgehead atoms. The molecule has 0 N–H and O–H groups in total. The first-order chi connectivity index (χ1) is 9.30. The van der Waals surface area contributed by atoms with Crippen molar-refractivity contribution in [3.05, 3.63) is 29.3 Å². The number of carbonyl (C=O) groups is 2. The van der Waals surface area contributed by atoms with E-state index in [0.717, 1.165) is 11.1 Å². The molecule has 110 valence electrons. The van der Waals surface area contributed by atoms with Crippen LogP contribution < -0.4 is 5.06 Å². The Morgan fingerprint density at radius 2 is 1.65 bits per heavy atom. The third-order valence-corrected chi connectivity index (χ3v) is 3.50. The maximum absolute atomic E-state index is 12.1. The van der Waals surface area contributed by atoms with Gasteiger partial charge in [-0.05, 0) is 38.8 Å². The highest BCUT2D eigenvalue weighted by atomic mass is 16.7. The highest BCUT2D eigenvalue weighted by Crippen LogP contribution is 2.32. The lowest BCUT2D eigenvalue weighted by molar-refractivity contribution is -0.153. The van der Waals surface area contributed by atoms with Crippen molar-refractivity contribution in [2.45, 2.75) is 33.2 Å². The maximum Gasteiger partial charge on any atom is 0.341 e. The number of anilines is 1. The quantitative estimate of drug-likeness (QED) is 0.470. The Bertz CT molecular complexity index is 506. The fraction of sp³-hybridized carbons (Fsp3) is 0.467. The summed E-state index contributed by atoms with van der Waals surface area (Å²) in [6, 6.07) is 5.70. The summed E-state index contributed by atoms with van der Waals surface area (Å²) in [5.74, 6) is -1.01. The second-order valence-corrected chi connectivity index (χ2v) is 4.84. The van der Waals surface area contributed by atoms with E-state index in [9.17, 15) is 9.59 Å². The van der Waals surface area contributed by atoms with Gasteiger partial charge in [0, 0.05) is 0 Å². The van der Waals surface area contributed by atoms with Gasteiger partial charge in [-0.1, -0.05) is 18.2 Å². The van der Waals surface area contributed by atoms with Crippen LogP contribution in [0.25, 0.3) is 0 Å². The zero-order valence-electron chi connectivity index (χ0n) is 12.8. The van der Waals surface area contributed by atoms with Gasteiger partial charge in [0.25, 0.3) is 0 Å². The van der Waals surface area contributed by atoms with E-state index in [0.29, 0.717) is 5.69 Å². The van der Waals surface area contributed by atoms with Crippen molar-refractivity contribution in [3.8, 4) is 0 Å². The van der Waals surface area contributed by atoms with E-state index in [1.807, 2.05) is 32.0 Å². The summed E-state index contributed by atoms with van der Waals surface area (Å²) < 4.78 is 4.78. The summed E-state index contributed by atoms with van der Waals surface area (Å²) in [5.41, 5.74) is 0.977. The number of benzene rings is 1. The minimum Gasteiger partial charge on any atom is -0.467 e. The zero-order valence-corrected chi connectivity index (χ0v) is 12.8. The van der Waals surface area contributed by atoms with Crippen LogP contribution in [0, 0.1) is 13.8 Å². The standard InChI is InChI=1S/C15H21NO4/c1-10-8-7-9-11(2)13(10)16(20-6)15(4,12(3)17)14(18)19-5/h7-9H,1-6H3/t15-/m1/s1. The molecule has 0 spiro atoms. The summed E-state index contributed by atoms with van der Waals surface area (Å²) in [7, 11) is 2.68. The van der Waals surface area contributed by atoms with Gasteiger partial charge in [0.1, 0.15) is 0 Å². The molecule has 0 saturated carbocycles. The number of esters is 1. The van der Waals surface area contributed by atoms with Crippen molar-refractivity contribution in [1.82, 2.24) is 0 Å². The summed E-state index contributed by atoms with van der Waals surface area (Å²) >= 11 is 0. The van der Waals surface area contributed by atoms with Crippen LogP contribution in [0.1, 0.15) is 25.0 Å². The van der Waals surface area contributed by atoms with Gasteiger partial charge in [0.05, 0.1) is 19.9 Å². The highest BCUT2D eigenvalue weighted by Gasteiger charge is 2.47. The summed E-state index contributed by atoms with van der Waals surface area (Å²) in [6.07, 6.45) is 0. The number of ketones is 1. The lowest BCUT2D eigenvalue weighted by atomic mass is 9.94. The second kappa shape index (κ2) is 6.05. The third-order valence-electron chi connectivity index (χ3n) is 3.50. The Hall–Kier alpha value is -1.88. The maximum atomic E-state index is 12.1. The molecule has 0 saturated heterocycles. The van der Waals surface area contributed by atoms with Gasteiger partial charge in [-0.25, -0.2) is 9.86 Å². The smallest absolute Gasteiger partial charge is 0.341 e. The van der Waals surface area contributed by atoms with Crippen LogP contribution in [-0.2, 0) is 19.2 Å². The molecule has 0 heterocycles. The predicted octanol–water partition coefficient (Wildman–Crippen LogP) is 2.19. The molecule has 0 aromatic heterocycles. The number of methoxy groups -OCH3 is 1. The van der Waals surface area contributed by atoms with Crippen LogP contribution >= 0.6 is 0 Å². The molecular formula is C15H21NO4. The van der Waals surface area contributed by atoms with Crippen molar-refractivity contribution in [2.75, 3.05) is 19.3 Å². The minimum atomic E-state index is -1.53. The van der Waals surface area contributed by atoms with Gasteiger partial charge < -0.3 is 4.74 Å². The third kappa shape index (κ3) is 2.54. The lowest BCUT2D eigenvalue weighted by Gasteiger charge is -2.37. The molecule has 0 amide bonds. The first-order valence-corrected chi connectivity index (χ1v) is 6.30. The molecule has 0 aliphatic heterocycles. The number of rotatable bonds is 5. The summed E-state index contributed by atoms with van der Waals surface area (Å²) in [4.78, 5) is 29.5. The number of para-hydroxylation sites is 1. The number of hydrogen-bond donors (Lipinski definition) is 0. The van der Waals surface area contributed by atoms with Crippen LogP contribution in [0.15, 0.2) is 18.2 Å². The van der Waals surface area contributed by atoms with Crippen molar-refractivity contribution >= 4 is 17.4 Å². The predicted molar refractivity (Wildman–Crippen MR) is 76.5 cm³/mol. The first-order valence-electron chi connectivity index (χ1n) is 6.30. The molecule has 1 rings (SSSR count). The molecule has 20 heavy (non-hydrogen) atoms. The average molecular weight is 279 g/mol. The van der Waals surface area contributed by atoms with E-state index in [-0.39, 0.29) is 5.78 Å². The summed E-state index contributed by atoms with van der Waals surface area (Å²) in [6.45, 7) is 6.63. The molecule has 0 fully saturated rings. The van der Waals surface area contributed by atoms with Crippen LogP contribution in [0.5, 0.6) is 0 Å². The molecule has 5 heteroatoms. The number of nitrogens with zero attached hydrogens (tertiary/aromatic N) is 1. The van der Waals surface area contributed by atoms with Crippen molar-refractivity contribution in [1.29, 1.82) is 0 Å². The van der Waals surface area contributed by atoms with Gasteiger partial charge >= 0.3 is 5.97 Å². The van der Waals surface area contributed by atoms with Crippen molar-refractivity contribution in [2.24, 2.45) is 0 Å². The van der Waals surface area contributed by atoms with Gasteiger partial charge in [-0.15, -0.1) is 0 Å². The number of carbonyl (C=O) groups excluding carboxylic acids is 2. The first kappa shape index (κ1) is 16.2. The van der Waals surface area contributed by atoms with Gasteiger partial charge in [-0.3, -0.25) is 9.63 Å². The normalized spacial score (nSPS) is 13.5. The molecule has 0 aliphatic carbocycles. The molecule has 0 radical (unpaired) electrons. The van der Waals surface area contributed by atoms with E-state index in [2.05, 4.69) is 0 Å². The molecule has 1 aromatic carbocycles. The van der Waals surface area contributed by atoms with Crippen LogP contribution in [0.4, 0.5) is 5.69 Å². The van der Waals surface area contributed by atoms with Crippen LogP contribution in [0.3, 0.4) is 0 Å².